The topological polar surface area (TPSA) is 42.7 Å². The van der Waals surface area contributed by atoms with Gasteiger partial charge in [-0.2, -0.15) is 5.10 Å². The molecule has 1 atom stereocenters. The molecule has 1 aromatic carbocycles. The van der Waals surface area contributed by atoms with E-state index in [2.05, 4.69) is 34.5 Å². The lowest BCUT2D eigenvalue weighted by molar-refractivity contribution is 0.565. The fraction of sp³-hybridized carbons (Fsp3) is 0.250. The maximum atomic E-state index is 6.33. The Kier molecular flexibility index (Phi) is 3.90. The third-order valence-corrected chi connectivity index (χ3v) is 3.89. The van der Waals surface area contributed by atoms with Crippen molar-refractivity contribution < 1.29 is 0 Å². The van der Waals surface area contributed by atoms with Crippen LogP contribution in [-0.4, -0.2) is 21.3 Å². The van der Waals surface area contributed by atoms with E-state index in [-0.39, 0.29) is 6.04 Å². The normalized spacial score (nSPS) is 12.7. The van der Waals surface area contributed by atoms with Crippen LogP contribution in [-0.2, 0) is 7.05 Å². The van der Waals surface area contributed by atoms with E-state index in [1.807, 2.05) is 31.4 Å². The first-order chi connectivity index (χ1) is 10.2. The van der Waals surface area contributed by atoms with Crippen LogP contribution in [0.2, 0.25) is 5.02 Å². The van der Waals surface area contributed by atoms with Crippen LogP contribution >= 0.6 is 11.6 Å². The van der Waals surface area contributed by atoms with E-state index in [4.69, 9.17) is 11.6 Å². The number of pyridine rings is 1. The fourth-order valence-corrected chi connectivity index (χ4v) is 2.92. The number of aryl methyl sites for hydroxylation is 1. The Balaban J connectivity index is 2.21. The largest absolute Gasteiger partial charge is 0.304 e. The highest BCUT2D eigenvalue weighted by Gasteiger charge is 2.23. The number of hydrogen-bond acceptors (Lipinski definition) is 3. The third-order valence-electron chi connectivity index (χ3n) is 3.60. The lowest BCUT2D eigenvalue weighted by Gasteiger charge is -2.20. The molecule has 1 N–H and O–H groups in total. The lowest BCUT2D eigenvalue weighted by Crippen LogP contribution is -2.25. The molecule has 0 aliphatic heterocycles. The second-order valence-corrected chi connectivity index (χ2v) is 5.32. The lowest BCUT2D eigenvalue weighted by atomic mass is 10.0. The van der Waals surface area contributed by atoms with Crippen LogP contribution in [0.5, 0.6) is 0 Å². The van der Waals surface area contributed by atoms with E-state index < -0.39 is 0 Å². The zero-order valence-corrected chi connectivity index (χ0v) is 12.8. The molecule has 0 aliphatic rings. The summed E-state index contributed by atoms with van der Waals surface area (Å²) in [6, 6.07) is 10.2. The van der Waals surface area contributed by atoms with Crippen molar-refractivity contribution in [2.24, 2.45) is 7.05 Å². The molecular formula is C16H17ClN4. The molecule has 0 aliphatic carbocycles. The van der Waals surface area contributed by atoms with Crippen molar-refractivity contribution in [2.45, 2.75) is 13.0 Å². The third kappa shape index (κ3) is 2.52. The van der Waals surface area contributed by atoms with Crippen molar-refractivity contribution in [1.82, 2.24) is 20.1 Å². The van der Waals surface area contributed by atoms with Crippen molar-refractivity contribution in [3.8, 4) is 0 Å². The van der Waals surface area contributed by atoms with Crippen LogP contribution in [0.1, 0.15) is 24.4 Å². The first-order valence-electron chi connectivity index (χ1n) is 6.96. The molecular weight excluding hydrogens is 284 g/mol. The molecule has 2 aromatic heterocycles. The number of rotatable bonds is 4. The van der Waals surface area contributed by atoms with Gasteiger partial charge in [0.15, 0.2) is 0 Å². The quantitative estimate of drug-likeness (QED) is 0.804. The molecule has 21 heavy (non-hydrogen) atoms. The summed E-state index contributed by atoms with van der Waals surface area (Å²) in [5.41, 5.74) is 1.91. The Bertz CT molecular complexity index is 741. The monoisotopic (exact) mass is 300 g/mol. The maximum absolute atomic E-state index is 6.33. The molecule has 5 heteroatoms. The maximum Gasteiger partial charge on any atom is 0.0943 e. The van der Waals surface area contributed by atoms with Crippen LogP contribution in [0.15, 0.2) is 42.7 Å². The summed E-state index contributed by atoms with van der Waals surface area (Å²) in [7, 11) is 1.90. The average Bonchev–Trinajstić information content (AvgIpc) is 2.84. The van der Waals surface area contributed by atoms with Crippen LogP contribution in [0, 0.1) is 0 Å². The number of fused-ring (bicyclic) bond motifs is 1. The summed E-state index contributed by atoms with van der Waals surface area (Å²) < 4.78 is 1.80. The van der Waals surface area contributed by atoms with Gasteiger partial charge in [0.2, 0.25) is 0 Å². The van der Waals surface area contributed by atoms with Gasteiger partial charge in [-0.25, -0.2) is 0 Å². The van der Waals surface area contributed by atoms with Gasteiger partial charge in [0.05, 0.1) is 28.6 Å². The second-order valence-electron chi connectivity index (χ2n) is 4.91. The second kappa shape index (κ2) is 5.84. The molecule has 108 valence electrons. The van der Waals surface area contributed by atoms with Crippen molar-refractivity contribution in [3.63, 3.8) is 0 Å². The van der Waals surface area contributed by atoms with Crippen molar-refractivity contribution in [2.75, 3.05) is 6.54 Å². The van der Waals surface area contributed by atoms with Gasteiger partial charge in [-0.1, -0.05) is 42.8 Å². The van der Waals surface area contributed by atoms with Crippen molar-refractivity contribution in [3.05, 3.63) is 59.1 Å². The van der Waals surface area contributed by atoms with Gasteiger partial charge in [0.1, 0.15) is 0 Å². The Hall–Kier alpha value is -1.91. The van der Waals surface area contributed by atoms with Crippen LogP contribution < -0.4 is 5.32 Å². The van der Waals surface area contributed by atoms with E-state index in [0.717, 1.165) is 23.3 Å². The summed E-state index contributed by atoms with van der Waals surface area (Å²) in [5.74, 6) is 0. The minimum absolute atomic E-state index is 0.0823. The van der Waals surface area contributed by atoms with Gasteiger partial charge >= 0.3 is 0 Å². The molecule has 0 radical (unpaired) electrons. The van der Waals surface area contributed by atoms with Crippen molar-refractivity contribution >= 4 is 22.4 Å². The summed E-state index contributed by atoms with van der Waals surface area (Å²) in [6.07, 6.45) is 3.51. The Morgan fingerprint density at radius 2 is 2.10 bits per heavy atom. The van der Waals surface area contributed by atoms with Crippen LogP contribution in [0.3, 0.4) is 0 Å². The number of hydrogen-bond donors (Lipinski definition) is 1. The Labute approximate surface area is 128 Å². The highest BCUT2D eigenvalue weighted by molar-refractivity contribution is 6.31. The standard InChI is InChI=1S/C16H17ClN4/c1-3-18-15(16-13(17)10-20-21(16)2)14-12-7-5-4-6-11(12)8-9-19-14/h4-10,15,18H,3H2,1-2H3. The molecule has 4 nitrogen and oxygen atoms in total. The van der Waals surface area contributed by atoms with Gasteiger partial charge in [0, 0.05) is 18.6 Å². The van der Waals surface area contributed by atoms with Gasteiger partial charge < -0.3 is 5.32 Å². The number of nitrogens with zero attached hydrogens (tertiary/aromatic N) is 3. The van der Waals surface area contributed by atoms with E-state index in [1.165, 1.54) is 5.39 Å². The zero-order chi connectivity index (χ0) is 14.8. The smallest absolute Gasteiger partial charge is 0.0943 e. The van der Waals surface area contributed by atoms with Gasteiger partial charge in [-0.05, 0) is 18.0 Å². The number of nitrogens with one attached hydrogen (secondary N) is 1. The van der Waals surface area contributed by atoms with E-state index in [1.54, 1.807) is 10.9 Å². The highest BCUT2D eigenvalue weighted by Crippen LogP contribution is 2.30. The fourth-order valence-electron chi connectivity index (χ4n) is 2.64. The highest BCUT2D eigenvalue weighted by atomic mass is 35.5. The number of halogens is 1. The molecule has 0 bridgehead atoms. The molecule has 0 fully saturated rings. The molecule has 3 rings (SSSR count). The predicted octanol–water partition coefficient (Wildman–Crippen LogP) is 3.32. The summed E-state index contributed by atoms with van der Waals surface area (Å²) in [5, 5.41) is 10.7. The molecule has 3 aromatic rings. The molecule has 0 amide bonds. The molecule has 0 spiro atoms. The molecule has 1 unspecified atom stereocenters. The molecule has 2 heterocycles. The van der Waals surface area contributed by atoms with E-state index in [9.17, 15) is 0 Å². The Morgan fingerprint density at radius 1 is 1.29 bits per heavy atom. The molecule has 0 saturated heterocycles. The van der Waals surface area contributed by atoms with E-state index in [0.29, 0.717) is 5.02 Å². The minimum atomic E-state index is -0.0823. The van der Waals surface area contributed by atoms with Crippen LogP contribution in [0.25, 0.3) is 10.8 Å². The van der Waals surface area contributed by atoms with E-state index >= 15 is 0 Å². The van der Waals surface area contributed by atoms with Gasteiger partial charge in [-0.3, -0.25) is 9.67 Å². The zero-order valence-electron chi connectivity index (χ0n) is 12.0. The Morgan fingerprint density at radius 3 is 2.81 bits per heavy atom. The summed E-state index contributed by atoms with van der Waals surface area (Å²) in [4.78, 5) is 4.60. The summed E-state index contributed by atoms with van der Waals surface area (Å²) in [6.45, 7) is 2.89. The minimum Gasteiger partial charge on any atom is -0.304 e. The molecule has 0 saturated carbocycles. The van der Waals surface area contributed by atoms with Crippen molar-refractivity contribution in [1.29, 1.82) is 0 Å². The first-order valence-corrected chi connectivity index (χ1v) is 7.34. The predicted molar refractivity (Wildman–Crippen MR) is 85.5 cm³/mol. The first kappa shape index (κ1) is 14.0. The SMILES string of the molecule is CCNC(c1nccc2ccccc12)c1c(Cl)cnn1C. The van der Waals surface area contributed by atoms with Gasteiger partial charge in [0.25, 0.3) is 0 Å². The number of benzene rings is 1. The summed E-state index contributed by atoms with van der Waals surface area (Å²) >= 11 is 6.33. The van der Waals surface area contributed by atoms with Crippen LogP contribution in [0.4, 0.5) is 0 Å². The average molecular weight is 301 g/mol. The number of aromatic nitrogens is 3. The van der Waals surface area contributed by atoms with Gasteiger partial charge in [-0.15, -0.1) is 0 Å².